The SMILES string of the molecule is COc1ccc(CCn2c(-c3cccnc3)nc3cc(NC(=N[C@H]4C[C@H]5C[C@@H]([C@@H]4C)C5(C)C)N4CCN(O)[C@@H](C)C4)ccc3c2=O)c(F)c1. The normalized spacial score (nSPS) is 25.2. The fourth-order valence-corrected chi connectivity index (χ4v) is 8.22. The van der Waals surface area contributed by atoms with Crippen molar-refractivity contribution in [2.75, 3.05) is 32.1 Å². The van der Waals surface area contributed by atoms with E-state index in [2.05, 4.69) is 36.0 Å². The van der Waals surface area contributed by atoms with Crippen LogP contribution in [0.2, 0.25) is 0 Å². The fraction of sp³-hybridized carbons (Fsp3) is 0.474. The first-order chi connectivity index (χ1) is 23.5. The first-order valence-corrected chi connectivity index (χ1v) is 17.4. The molecule has 10 nitrogen and oxygen atoms in total. The molecular formula is C38H46FN7O3. The average Bonchev–Trinajstić information content (AvgIpc) is 3.10. The van der Waals surface area contributed by atoms with Gasteiger partial charge in [-0.2, -0.15) is 5.06 Å². The highest BCUT2D eigenvalue weighted by atomic mass is 19.1. The van der Waals surface area contributed by atoms with Crippen LogP contribution < -0.4 is 15.6 Å². The van der Waals surface area contributed by atoms with Crippen molar-refractivity contribution in [1.82, 2.24) is 24.5 Å². The number of aliphatic imine (C=N–C) groups is 1. The lowest BCUT2D eigenvalue weighted by Gasteiger charge is -2.61. The third kappa shape index (κ3) is 6.30. The second kappa shape index (κ2) is 13.2. The van der Waals surface area contributed by atoms with E-state index < -0.39 is 0 Å². The van der Waals surface area contributed by atoms with Crippen LogP contribution >= 0.6 is 0 Å². The Bertz CT molecular complexity index is 1930. The summed E-state index contributed by atoms with van der Waals surface area (Å²) in [6.45, 7) is 11.2. The molecule has 4 aromatic rings. The topological polar surface area (TPSA) is 108 Å². The summed E-state index contributed by atoms with van der Waals surface area (Å²) >= 11 is 0. The largest absolute Gasteiger partial charge is 0.497 e. The van der Waals surface area contributed by atoms with Gasteiger partial charge in [-0.15, -0.1) is 0 Å². The molecular weight excluding hydrogens is 621 g/mol. The maximum atomic E-state index is 14.8. The van der Waals surface area contributed by atoms with Crippen LogP contribution in [0.15, 0.2) is 70.7 Å². The second-order valence-electron chi connectivity index (χ2n) is 14.6. The number of guanidine groups is 1. The lowest BCUT2D eigenvalue weighted by molar-refractivity contribution is -0.142. The number of nitrogens with zero attached hydrogens (tertiary/aromatic N) is 6. The molecule has 3 saturated carbocycles. The number of fused-ring (bicyclic) bond motifs is 3. The van der Waals surface area contributed by atoms with Crippen LogP contribution in [0.5, 0.6) is 5.75 Å². The van der Waals surface area contributed by atoms with Gasteiger partial charge in [-0.3, -0.25) is 14.3 Å². The summed E-state index contributed by atoms with van der Waals surface area (Å²) < 4.78 is 21.6. The minimum absolute atomic E-state index is 0.0398. The fourth-order valence-electron chi connectivity index (χ4n) is 8.22. The van der Waals surface area contributed by atoms with Crippen LogP contribution in [-0.4, -0.2) is 74.5 Å². The number of methoxy groups -OCH3 is 1. The van der Waals surface area contributed by atoms with Crippen molar-refractivity contribution in [3.8, 4) is 17.1 Å². The number of aromatic nitrogens is 3. The van der Waals surface area contributed by atoms with Gasteiger partial charge in [-0.1, -0.05) is 26.8 Å². The summed E-state index contributed by atoms with van der Waals surface area (Å²) in [6.07, 6.45) is 6.01. The van der Waals surface area contributed by atoms with E-state index in [1.807, 2.05) is 31.2 Å². The first kappa shape index (κ1) is 33.2. The number of ether oxygens (including phenoxy) is 1. The van der Waals surface area contributed by atoms with Crippen LogP contribution in [0.4, 0.5) is 10.1 Å². The van der Waals surface area contributed by atoms with Crippen molar-refractivity contribution < 1.29 is 14.3 Å². The highest BCUT2D eigenvalue weighted by molar-refractivity contribution is 5.96. The Hall–Kier alpha value is -4.35. The number of hydrogen-bond acceptors (Lipinski definition) is 7. The Kier molecular flexibility index (Phi) is 8.91. The van der Waals surface area contributed by atoms with Crippen molar-refractivity contribution in [1.29, 1.82) is 0 Å². The zero-order valence-electron chi connectivity index (χ0n) is 28.9. The number of benzene rings is 2. The number of hydrogen-bond donors (Lipinski definition) is 2. The molecule has 1 aliphatic heterocycles. The lowest BCUT2D eigenvalue weighted by atomic mass is 9.45. The number of rotatable bonds is 7. The minimum atomic E-state index is -0.379. The smallest absolute Gasteiger partial charge is 0.261 e. The number of piperazine rings is 1. The lowest BCUT2D eigenvalue weighted by Crippen LogP contribution is -2.57. The average molecular weight is 668 g/mol. The van der Waals surface area contributed by atoms with Crippen LogP contribution in [0, 0.1) is 29.0 Å². The molecule has 0 radical (unpaired) electrons. The highest BCUT2D eigenvalue weighted by Gasteiger charge is 2.56. The summed E-state index contributed by atoms with van der Waals surface area (Å²) in [6, 6.07) is 14.2. The van der Waals surface area contributed by atoms with Gasteiger partial charge in [0.25, 0.3) is 5.56 Å². The van der Waals surface area contributed by atoms with Gasteiger partial charge in [0, 0.05) is 61.9 Å². The minimum Gasteiger partial charge on any atom is -0.497 e. The molecule has 2 aromatic heterocycles. The van der Waals surface area contributed by atoms with Crippen LogP contribution in [0.3, 0.4) is 0 Å². The zero-order valence-corrected chi connectivity index (χ0v) is 28.9. The number of nitrogens with one attached hydrogen (secondary N) is 1. The molecule has 2 aromatic carbocycles. The van der Waals surface area contributed by atoms with Crippen LogP contribution in [0.1, 0.15) is 46.1 Å². The van der Waals surface area contributed by atoms with Crippen molar-refractivity contribution in [3.63, 3.8) is 0 Å². The quantitative estimate of drug-likeness (QED) is 0.180. The van der Waals surface area contributed by atoms with E-state index in [0.717, 1.165) is 18.1 Å². The molecule has 5 atom stereocenters. The summed E-state index contributed by atoms with van der Waals surface area (Å²) in [5.74, 6) is 3.13. The van der Waals surface area contributed by atoms with E-state index in [-0.39, 0.29) is 30.0 Å². The predicted octanol–water partition coefficient (Wildman–Crippen LogP) is 6.08. The molecule has 4 fully saturated rings. The van der Waals surface area contributed by atoms with Gasteiger partial charge >= 0.3 is 0 Å². The Balaban J connectivity index is 1.23. The van der Waals surface area contributed by atoms with Crippen LogP contribution in [-0.2, 0) is 13.0 Å². The zero-order chi connectivity index (χ0) is 34.4. The van der Waals surface area contributed by atoms with E-state index in [1.165, 1.54) is 24.7 Å². The number of aryl methyl sites for hydroxylation is 1. The number of hydroxylamine groups is 2. The number of pyridine rings is 1. The van der Waals surface area contributed by atoms with Crippen molar-refractivity contribution >= 4 is 22.5 Å². The monoisotopic (exact) mass is 667 g/mol. The van der Waals surface area contributed by atoms with Gasteiger partial charge in [-0.25, -0.2) is 14.4 Å². The maximum absolute atomic E-state index is 14.8. The molecule has 258 valence electrons. The Morgan fingerprint density at radius 2 is 1.98 bits per heavy atom. The van der Waals surface area contributed by atoms with Crippen LogP contribution in [0.25, 0.3) is 22.3 Å². The van der Waals surface area contributed by atoms with E-state index in [4.69, 9.17) is 14.7 Å². The Labute approximate surface area is 286 Å². The predicted molar refractivity (Wildman–Crippen MR) is 189 cm³/mol. The molecule has 0 spiro atoms. The van der Waals surface area contributed by atoms with Gasteiger partial charge in [-0.05, 0) is 91.3 Å². The third-order valence-electron chi connectivity index (χ3n) is 11.5. The van der Waals surface area contributed by atoms with Crippen molar-refractivity contribution in [2.24, 2.45) is 28.2 Å². The molecule has 0 amide bonds. The van der Waals surface area contributed by atoms with E-state index in [9.17, 15) is 14.4 Å². The Morgan fingerprint density at radius 1 is 1.14 bits per heavy atom. The molecule has 11 heteroatoms. The summed E-state index contributed by atoms with van der Waals surface area (Å²) in [4.78, 5) is 31.0. The molecule has 0 unspecified atom stereocenters. The molecule has 1 saturated heterocycles. The van der Waals surface area contributed by atoms with E-state index in [0.29, 0.717) is 82.8 Å². The second-order valence-corrected chi connectivity index (χ2v) is 14.6. The molecule has 8 rings (SSSR count). The van der Waals surface area contributed by atoms with Gasteiger partial charge in [0.2, 0.25) is 0 Å². The standard InChI is InChI=1S/C38H46FN7O3/c1-23-22-44(15-16-46(23)48)37(43-33-18-27-17-31(24(33)2)38(27,3)4)41-28-9-11-30-34(19-28)42-35(26-7-6-13-40-21-26)45(36(30)47)14-12-25-8-10-29(49-5)20-32(25)39/h6-11,13,19-21,23-24,27,31,33,48H,12,14-18,22H2,1-5H3,(H,41,43)/t23-,24-,27+,31-,33-/m0/s1. The molecule has 2 bridgehead atoms. The summed E-state index contributed by atoms with van der Waals surface area (Å²) in [7, 11) is 1.50. The van der Waals surface area contributed by atoms with Gasteiger partial charge in [0.15, 0.2) is 5.96 Å². The maximum Gasteiger partial charge on any atom is 0.261 e. The molecule has 3 heterocycles. The summed E-state index contributed by atoms with van der Waals surface area (Å²) in [5, 5.41) is 15.8. The van der Waals surface area contributed by atoms with E-state index in [1.54, 1.807) is 35.2 Å². The number of anilines is 1. The highest BCUT2D eigenvalue weighted by Crippen LogP contribution is 2.61. The van der Waals surface area contributed by atoms with Gasteiger partial charge < -0.3 is 20.2 Å². The van der Waals surface area contributed by atoms with Crippen molar-refractivity contribution in [2.45, 2.75) is 65.6 Å². The molecule has 49 heavy (non-hydrogen) atoms. The molecule has 2 N–H and O–H groups in total. The third-order valence-corrected chi connectivity index (χ3v) is 11.5. The molecule has 4 aliphatic rings. The van der Waals surface area contributed by atoms with Crippen molar-refractivity contribution in [3.05, 3.63) is 82.7 Å². The Morgan fingerprint density at radius 3 is 2.67 bits per heavy atom. The number of halogens is 1. The first-order valence-electron chi connectivity index (χ1n) is 17.4. The van der Waals surface area contributed by atoms with Gasteiger partial charge in [0.05, 0.1) is 24.1 Å². The summed E-state index contributed by atoms with van der Waals surface area (Å²) in [5.41, 5.74) is 2.66. The molecule has 3 aliphatic carbocycles. The van der Waals surface area contributed by atoms with E-state index >= 15 is 0 Å². The van der Waals surface area contributed by atoms with Gasteiger partial charge in [0.1, 0.15) is 17.4 Å².